The van der Waals surface area contributed by atoms with Gasteiger partial charge in [-0.3, -0.25) is 9.89 Å². The Kier molecular flexibility index (Phi) is 10.6. The molecule has 7 nitrogen and oxygen atoms in total. The lowest BCUT2D eigenvalue weighted by atomic mass is 10.0. The fourth-order valence-corrected chi connectivity index (χ4v) is 4.09. The van der Waals surface area contributed by atoms with Crippen molar-refractivity contribution in [1.82, 2.24) is 20.7 Å². The van der Waals surface area contributed by atoms with Crippen LogP contribution in [0.3, 0.4) is 0 Å². The third-order valence-corrected chi connectivity index (χ3v) is 5.87. The number of aliphatic imine (C=N–C) groups is 1. The zero-order valence-electron chi connectivity index (χ0n) is 19.1. The Labute approximate surface area is 203 Å². The summed E-state index contributed by atoms with van der Waals surface area (Å²) >= 11 is 0. The summed E-state index contributed by atoms with van der Waals surface area (Å²) in [4.78, 5) is 6.99. The molecule has 1 aromatic heterocycles. The van der Waals surface area contributed by atoms with E-state index < -0.39 is 0 Å². The number of ether oxygens (including phenoxy) is 1. The third kappa shape index (κ3) is 7.10. The van der Waals surface area contributed by atoms with Gasteiger partial charge in [-0.25, -0.2) is 0 Å². The highest BCUT2D eigenvalue weighted by Gasteiger charge is 2.22. The summed E-state index contributed by atoms with van der Waals surface area (Å²) in [7, 11) is 3.52. The first-order valence-electron chi connectivity index (χ1n) is 10.9. The molecule has 1 saturated heterocycles. The monoisotopic (exact) mass is 541 g/mol. The summed E-state index contributed by atoms with van der Waals surface area (Å²) in [5.41, 5.74) is 3.43. The number of aromatic nitrogens is 1. The zero-order chi connectivity index (χ0) is 21.3. The molecule has 2 aromatic rings. The average Bonchev–Trinajstić information content (AvgIpc) is 3.11. The maximum Gasteiger partial charge on any atom is 0.191 e. The quantitative estimate of drug-likeness (QED) is 0.301. The van der Waals surface area contributed by atoms with Crippen molar-refractivity contribution in [2.75, 3.05) is 40.3 Å². The van der Waals surface area contributed by atoms with Crippen LogP contribution < -0.4 is 15.4 Å². The number of hydrogen-bond acceptors (Lipinski definition) is 5. The van der Waals surface area contributed by atoms with Gasteiger partial charge in [-0.2, -0.15) is 0 Å². The number of likely N-dealkylation sites (tertiary alicyclic amines) is 1. The molecule has 8 heteroatoms. The number of methoxy groups -OCH3 is 1. The predicted molar refractivity (Wildman–Crippen MR) is 136 cm³/mol. The molecular formula is C23H36IN5O2. The number of benzene rings is 1. The van der Waals surface area contributed by atoms with E-state index in [9.17, 15) is 0 Å². The Morgan fingerprint density at radius 3 is 2.45 bits per heavy atom. The van der Waals surface area contributed by atoms with Crippen LogP contribution in [0.25, 0.3) is 0 Å². The van der Waals surface area contributed by atoms with Crippen LogP contribution >= 0.6 is 24.0 Å². The molecule has 1 atom stereocenters. The van der Waals surface area contributed by atoms with Crippen molar-refractivity contribution in [3.8, 4) is 5.75 Å². The van der Waals surface area contributed by atoms with E-state index in [1.807, 2.05) is 33.0 Å². The smallest absolute Gasteiger partial charge is 0.191 e. The molecule has 1 unspecified atom stereocenters. The first-order valence-corrected chi connectivity index (χ1v) is 10.9. The molecule has 172 valence electrons. The Morgan fingerprint density at radius 1 is 1.16 bits per heavy atom. The summed E-state index contributed by atoms with van der Waals surface area (Å²) < 4.78 is 10.6. The summed E-state index contributed by atoms with van der Waals surface area (Å²) in [6, 6.07) is 8.74. The molecule has 0 spiro atoms. The van der Waals surface area contributed by atoms with Gasteiger partial charge in [-0.05, 0) is 63.9 Å². The van der Waals surface area contributed by atoms with Crippen LogP contribution in [0.5, 0.6) is 5.75 Å². The summed E-state index contributed by atoms with van der Waals surface area (Å²) in [6.45, 7) is 7.79. The van der Waals surface area contributed by atoms with Crippen LogP contribution in [-0.2, 0) is 6.42 Å². The van der Waals surface area contributed by atoms with E-state index >= 15 is 0 Å². The van der Waals surface area contributed by atoms with Gasteiger partial charge in [0, 0.05) is 25.7 Å². The zero-order valence-corrected chi connectivity index (χ0v) is 21.4. The van der Waals surface area contributed by atoms with Crippen molar-refractivity contribution in [3.63, 3.8) is 0 Å². The number of nitrogens with one attached hydrogen (secondary N) is 2. The van der Waals surface area contributed by atoms with E-state index in [0.29, 0.717) is 6.04 Å². The lowest BCUT2D eigenvalue weighted by Gasteiger charge is -2.35. The molecule has 3 rings (SSSR count). The Balaban J connectivity index is 0.00000341. The molecule has 0 bridgehead atoms. The number of guanidine groups is 1. The SMILES string of the molecule is CN=C(NCCc1c(C)noc1C)NCC(c1ccc(OC)cc1)N1CCCCC1.I. The van der Waals surface area contributed by atoms with Crippen molar-refractivity contribution >= 4 is 29.9 Å². The van der Waals surface area contributed by atoms with Gasteiger partial charge in [0.25, 0.3) is 0 Å². The number of halogens is 1. The average molecular weight is 541 g/mol. The van der Waals surface area contributed by atoms with Gasteiger partial charge in [-0.1, -0.05) is 23.7 Å². The second-order valence-electron chi connectivity index (χ2n) is 7.82. The standard InChI is InChI=1S/C23H35N5O2.HI/c1-17-21(18(2)30-27-17)12-13-25-23(24-3)26-16-22(28-14-6-5-7-15-28)19-8-10-20(29-4)11-9-19;/h8-11,22H,5-7,12-16H2,1-4H3,(H2,24,25,26);1H. The van der Waals surface area contributed by atoms with Crippen LogP contribution in [0.1, 0.15) is 47.9 Å². The fourth-order valence-electron chi connectivity index (χ4n) is 4.09. The molecule has 1 aliphatic rings. The highest BCUT2D eigenvalue weighted by Crippen LogP contribution is 2.25. The molecule has 1 fully saturated rings. The van der Waals surface area contributed by atoms with Crippen LogP contribution in [0, 0.1) is 13.8 Å². The summed E-state index contributed by atoms with van der Waals surface area (Å²) in [6.07, 6.45) is 4.70. The van der Waals surface area contributed by atoms with E-state index in [1.54, 1.807) is 7.11 Å². The fraction of sp³-hybridized carbons (Fsp3) is 0.565. The molecule has 2 heterocycles. The maximum atomic E-state index is 5.33. The van der Waals surface area contributed by atoms with Crippen molar-refractivity contribution in [1.29, 1.82) is 0 Å². The minimum absolute atomic E-state index is 0. The second-order valence-corrected chi connectivity index (χ2v) is 7.82. The number of rotatable bonds is 8. The van der Waals surface area contributed by atoms with Gasteiger partial charge in [0.2, 0.25) is 0 Å². The van der Waals surface area contributed by atoms with Gasteiger partial charge < -0.3 is 19.9 Å². The molecule has 1 aromatic carbocycles. The van der Waals surface area contributed by atoms with Gasteiger partial charge in [0.1, 0.15) is 11.5 Å². The molecule has 0 aliphatic carbocycles. The Bertz CT molecular complexity index is 796. The molecule has 0 amide bonds. The second kappa shape index (κ2) is 12.9. The largest absolute Gasteiger partial charge is 0.497 e. The van der Waals surface area contributed by atoms with Crippen LogP contribution in [0.4, 0.5) is 0 Å². The topological polar surface area (TPSA) is 74.9 Å². The Hall–Kier alpha value is -1.81. The van der Waals surface area contributed by atoms with Crippen molar-refractivity contribution < 1.29 is 9.26 Å². The Morgan fingerprint density at radius 2 is 1.87 bits per heavy atom. The van der Waals surface area contributed by atoms with Crippen molar-refractivity contribution in [2.24, 2.45) is 4.99 Å². The number of aryl methyl sites for hydroxylation is 2. The minimum Gasteiger partial charge on any atom is -0.497 e. The third-order valence-electron chi connectivity index (χ3n) is 5.87. The molecule has 0 radical (unpaired) electrons. The maximum absolute atomic E-state index is 5.33. The first kappa shape index (κ1) is 25.5. The van der Waals surface area contributed by atoms with E-state index in [2.05, 4.69) is 37.8 Å². The van der Waals surface area contributed by atoms with E-state index in [1.165, 1.54) is 30.4 Å². The highest BCUT2D eigenvalue weighted by molar-refractivity contribution is 14.0. The molecular weight excluding hydrogens is 505 g/mol. The first-order chi connectivity index (χ1) is 14.6. The molecule has 1 aliphatic heterocycles. The van der Waals surface area contributed by atoms with Gasteiger partial charge >= 0.3 is 0 Å². The van der Waals surface area contributed by atoms with Crippen molar-refractivity contribution in [3.05, 3.63) is 46.8 Å². The summed E-state index contributed by atoms with van der Waals surface area (Å²) in [5.74, 6) is 2.60. The van der Waals surface area contributed by atoms with Gasteiger partial charge in [0.15, 0.2) is 5.96 Å². The lowest BCUT2D eigenvalue weighted by molar-refractivity contribution is 0.164. The van der Waals surface area contributed by atoms with Crippen LogP contribution in [0.15, 0.2) is 33.8 Å². The number of nitrogens with zero attached hydrogens (tertiary/aromatic N) is 3. The minimum atomic E-state index is 0. The van der Waals surface area contributed by atoms with E-state index in [0.717, 1.165) is 55.8 Å². The highest BCUT2D eigenvalue weighted by atomic mass is 127. The number of hydrogen-bond donors (Lipinski definition) is 2. The van der Waals surface area contributed by atoms with Crippen LogP contribution in [0.2, 0.25) is 0 Å². The number of piperidine rings is 1. The van der Waals surface area contributed by atoms with Gasteiger partial charge in [0.05, 0.1) is 18.8 Å². The van der Waals surface area contributed by atoms with Gasteiger partial charge in [-0.15, -0.1) is 24.0 Å². The van der Waals surface area contributed by atoms with E-state index in [-0.39, 0.29) is 24.0 Å². The normalized spacial score (nSPS) is 15.8. The molecule has 0 saturated carbocycles. The molecule has 2 N–H and O–H groups in total. The van der Waals surface area contributed by atoms with Crippen LogP contribution in [-0.4, -0.2) is 56.4 Å². The molecule has 31 heavy (non-hydrogen) atoms. The van der Waals surface area contributed by atoms with E-state index in [4.69, 9.17) is 9.26 Å². The summed E-state index contributed by atoms with van der Waals surface area (Å²) in [5, 5.41) is 11.0. The lowest BCUT2D eigenvalue weighted by Crippen LogP contribution is -2.44. The predicted octanol–water partition coefficient (Wildman–Crippen LogP) is 3.85. The van der Waals surface area contributed by atoms with Crippen molar-refractivity contribution in [2.45, 2.75) is 45.6 Å².